The van der Waals surface area contributed by atoms with Crippen molar-refractivity contribution in [3.63, 3.8) is 0 Å². The Morgan fingerprint density at radius 2 is 1.96 bits per heavy atom. The zero-order valence-corrected chi connectivity index (χ0v) is 16.3. The number of H-pyrrole nitrogens is 1. The molecule has 8 nitrogen and oxygen atoms in total. The van der Waals surface area contributed by atoms with Gasteiger partial charge in [0, 0.05) is 44.6 Å². The van der Waals surface area contributed by atoms with Gasteiger partial charge in [-0.2, -0.15) is 5.10 Å². The van der Waals surface area contributed by atoms with Gasteiger partial charge in [0.25, 0.3) is 11.8 Å². The van der Waals surface area contributed by atoms with E-state index >= 15 is 0 Å². The van der Waals surface area contributed by atoms with Gasteiger partial charge < -0.3 is 14.3 Å². The summed E-state index contributed by atoms with van der Waals surface area (Å²) in [6.45, 7) is 4.92. The van der Waals surface area contributed by atoms with E-state index in [4.69, 9.17) is 4.52 Å². The smallest absolute Gasteiger partial charge is 0.276 e. The van der Waals surface area contributed by atoms with Crippen LogP contribution in [0.3, 0.4) is 0 Å². The van der Waals surface area contributed by atoms with Crippen LogP contribution >= 0.6 is 0 Å². The summed E-state index contributed by atoms with van der Waals surface area (Å²) in [4.78, 5) is 29.4. The third-order valence-corrected chi connectivity index (χ3v) is 5.68. The Balaban J connectivity index is 1.47. The molecule has 1 N–H and O–H groups in total. The summed E-state index contributed by atoms with van der Waals surface area (Å²) in [5.74, 6) is 0.753. The topological polar surface area (TPSA) is 95.3 Å². The largest absolute Gasteiger partial charge is 0.361 e. The van der Waals surface area contributed by atoms with E-state index in [0.29, 0.717) is 24.3 Å². The van der Waals surface area contributed by atoms with Gasteiger partial charge in [-0.15, -0.1) is 0 Å². The zero-order chi connectivity index (χ0) is 19.5. The molecule has 0 saturated carbocycles. The minimum Gasteiger partial charge on any atom is -0.361 e. The molecular weight excluding hydrogens is 358 g/mol. The van der Waals surface area contributed by atoms with Crippen LogP contribution in [0, 0.1) is 0 Å². The number of hydrogen-bond acceptors (Lipinski definition) is 5. The highest BCUT2D eigenvalue weighted by atomic mass is 16.5. The Morgan fingerprint density at radius 3 is 2.75 bits per heavy atom. The normalized spacial score (nSPS) is 20.0. The fourth-order valence-electron chi connectivity index (χ4n) is 4.21. The third-order valence-electron chi connectivity index (χ3n) is 5.68. The molecule has 0 aromatic carbocycles. The quantitative estimate of drug-likeness (QED) is 0.854. The van der Waals surface area contributed by atoms with Gasteiger partial charge >= 0.3 is 0 Å². The molecule has 1 atom stereocenters. The van der Waals surface area contributed by atoms with Crippen LogP contribution in [-0.2, 0) is 6.42 Å². The van der Waals surface area contributed by atoms with Gasteiger partial charge in [0.15, 0.2) is 5.69 Å². The number of carbonyl (C=O) groups is 2. The van der Waals surface area contributed by atoms with E-state index in [2.05, 4.69) is 22.3 Å². The second-order valence-electron chi connectivity index (χ2n) is 7.72. The van der Waals surface area contributed by atoms with E-state index in [1.165, 1.54) is 0 Å². The number of aromatic nitrogens is 3. The van der Waals surface area contributed by atoms with Crippen LogP contribution in [-0.4, -0.2) is 63.1 Å². The minimum atomic E-state index is -0.109. The number of aryl methyl sites for hydroxylation is 1. The summed E-state index contributed by atoms with van der Waals surface area (Å²) < 4.78 is 5.26. The van der Waals surface area contributed by atoms with Crippen LogP contribution in [0.15, 0.2) is 16.8 Å². The van der Waals surface area contributed by atoms with Gasteiger partial charge in [0.1, 0.15) is 5.76 Å². The van der Waals surface area contributed by atoms with E-state index in [-0.39, 0.29) is 17.7 Å². The number of nitrogens with one attached hydrogen (secondary N) is 1. The lowest BCUT2D eigenvalue weighted by Crippen LogP contribution is -2.40. The first-order valence-corrected chi connectivity index (χ1v) is 10.2. The maximum Gasteiger partial charge on any atom is 0.276 e. The lowest BCUT2D eigenvalue weighted by Gasteiger charge is -2.32. The van der Waals surface area contributed by atoms with E-state index in [1.807, 2.05) is 9.80 Å². The fourth-order valence-corrected chi connectivity index (χ4v) is 4.21. The molecule has 0 radical (unpaired) electrons. The molecule has 2 aliphatic heterocycles. The summed E-state index contributed by atoms with van der Waals surface area (Å²) in [6, 6.07) is 1.74. The van der Waals surface area contributed by atoms with Gasteiger partial charge in [-0.05, 0) is 32.1 Å². The Labute approximate surface area is 164 Å². The van der Waals surface area contributed by atoms with E-state index in [0.717, 1.165) is 63.1 Å². The summed E-state index contributed by atoms with van der Waals surface area (Å²) in [5.41, 5.74) is 1.86. The summed E-state index contributed by atoms with van der Waals surface area (Å²) in [6.07, 6.45) is 7.27. The van der Waals surface area contributed by atoms with Crippen molar-refractivity contribution in [2.24, 2.45) is 0 Å². The lowest BCUT2D eigenvalue weighted by atomic mass is 9.92. The number of piperidine rings is 1. The number of carbonyl (C=O) groups excluding carboxylic acids is 2. The van der Waals surface area contributed by atoms with Gasteiger partial charge in [-0.25, -0.2) is 0 Å². The van der Waals surface area contributed by atoms with Crippen molar-refractivity contribution in [3.8, 4) is 0 Å². The first kappa shape index (κ1) is 18.7. The second-order valence-corrected chi connectivity index (χ2v) is 7.72. The van der Waals surface area contributed by atoms with Gasteiger partial charge in [0.05, 0.1) is 17.5 Å². The molecular formula is C20H27N5O3. The van der Waals surface area contributed by atoms with Crippen LogP contribution in [0.5, 0.6) is 0 Å². The van der Waals surface area contributed by atoms with E-state index in [1.54, 1.807) is 12.3 Å². The number of nitrogens with zero attached hydrogens (tertiary/aromatic N) is 4. The molecule has 0 aliphatic carbocycles. The SMILES string of the molecule is CCCc1cc(C(=O)N2CCC[C@@H](c3[nH]ncc3C(=O)N3CCCC3)C2)no1. The summed E-state index contributed by atoms with van der Waals surface area (Å²) in [7, 11) is 0. The lowest BCUT2D eigenvalue weighted by molar-refractivity contribution is 0.0694. The first-order chi connectivity index (χ1) is 13.7. The van der Waals surface area contributed by atoms with E-state index in [9.17, 15) is 9.59 Å². The summed E-state index contributed by atoms with van der Waals surface area (Å²) in [5, 5.41) is 11.1. The molecule has 2 saturated heterocycles. The van der Waals surface area contributed by atoms with Crippen molar-refractivity contribution >= 4 is 11.8 Å². The average molecular weight is 385 g/mol. The zero-order valence-electron chi connectivity index (χ0n) is 16.3. The van der Waals surface area contributed by atoms with Crippen molar-refractivity contribution < 1.29 is 14.1 Å². The highest BCUT2D eigenvalue weighted by molar-refractivity contribution is 5.95. The maximum absolute atomic E-state index is 12.9. The number of likely N-dealkylation sites (tertiary alicyclic amines) is 2. The van der Waals surface area contributed by atoms with Gasteiger partial charge in [-0.3, -0.25) is 14.7 Å². The van der Waals surface area contributed by atoms with Crippen molar-refractivity contribution in [3.05, 3.63) is 35.0 Å². The Hall–Kier alpha value is -2.64. The van der Waals surface area contributed by atoms with Crippen molar-refractivity contribution in [1.29, 1.82) is 0 Å². The van der Waals surface area contributed by atoms with Crippen LogP contribution in [0.4, 0.5) is 0 Å². The minimum absolute atomic E-state index is 0.0467. The molecule has 2 fully saturated rings. The molecule has 2 amide bonds. The average Bonchev–Trinajstić information content (AvgIpc) is 3.48. The first-order valence-electron chi connectivity index (χ1n) is 10.2. The molecule has 2 aromatic rings. The van der Waals surface area contributed by atoms with Gasteiger partial charge in [-0.1, -0.05) is 12.1 Å². The fraction of sp³-hybridized carbons (Fsp3) is 0.600. The van der Waals surface area contributed by atoms with Crippen molar-refractivity contribution in [2.45, 2.75) is 51.4 Å². The predicted octanol–water partition coefficient (Wildman–Crippen LogP) is 2.61. The van der Waals surface area contributed by atoms with E-state index < -0.39 is 0 Å². The number of aromatic amines is 1. The Bertz CT molecular complexity index is 837. The van der Waals surface area contributed by atoms with Crippen LogP contribution in [0.2, 0.25) is 0 Å². The number of hydrogen-bond donors (Lipinski definition) is 1. The maximum atomic E-state index is 12.9. The molecule has 2 aromatic heterocycles. The molecule has 0 spiro atoms. The number of rotatable bonds is 5. The second kappa shape index (κ2) is 8.16. The highest BCUT2D eigenvalue weighted by Crippen LogP contribution is 2.29. The van der Waals surface area contributed by atoms with Crippen molar-refractivity contribution in [2.75, 3.05) is 26.2 Å². The molecule has 0 bridgehead atoms. The van der Waals surface area contributed by atoms with Crippen LogP contribution in [0.25, 0.3) is 0 Å². The van der Waals surface area contributed by atoms with Crippen molar-refractivity contribution in [1.82, 2.24) is 25.2 Å². The Kier molecular flexibility index (Phi) is 5.45. The highest BCUT2D eigenvalue weighted by Gasteiger charge is 2.32. The van der Waals surface area contributed by atoms with Crippen LogP contribution in [0.1, 0.15) is 77.2 Å². The predicted molar refractivity (Wildman–Crippen MR) is 102 cm³/mol. The molecule has 0 unspecified atom stereocenters. The molecule has 4 rings (SSSR count). The molecule has 2 aliphatic rings. The van der Waals surface area contributed by atoms with Gasteiger partial charge in [0.2, 0.25) is 0 Å². The third kappa shape index (κ3) is 3.68. The summed E-state index contributed by atoms with van der Waals surface area (Å²) >= 11 is 0. The molecule has 4 heterocycles. The monoisotopic (exact) mass is 385 g/mol. The molecule has 28 heavy (non-hydrogen) atoms. The van der Waals surface area contributed by atoms with Crippen LogP contribution < -0.4 is 0 Å². The molecule has 150 valence electrons. The molecule has 8 heteroatoms. The Morgan fingerprint density at radius 1 is 1.18 bits per heavy atom. The standard InChI is InChI=1S/C20H27N5O3/c1-2-6-15-11-17(23-28-15)20(27)25-10-5-7-14(13-25)18-16(12-21-22-18)19(26)24-8-3-4-9-24/h11-12,14H,2-10,13H2,1H3,(H,21,22)/t14-/m1/s1. The number of amides is 2.